The standard InChI is InChI=1S/C21H26O6/c1-10-6-12-8-16(26-4)20(24)21(27-5)18(12)17(11(10)2)13-7-14(22)19(23)15(9-13)25-3/h7-11,17,22-24H,6H2,1-5H3/t10-,11+,17+/m1/s1. The lowest BCUT2D eigenvalue weighted by Crippen LogP contribution is -2.27. The van der Waals surface area contributed by atoms with E-state index in [1.54, 1.807) is 12.1 Å². The van der Waals surface area contributed by atoms with Crippen LogP contribution >= 0.6 is 0 Å². The summed E-state index contributed by atoms with van der Waals surface area (Å²) in [6.45, 7) is 4.30. The number of methoxy groups -OCH3 is 3. The minimum absolute atomic E-state index is 0.0412. The van der Waals surface area contributed by atoms with Crippen LogP contribution in [0.1, 0.15) is 36.5 Å². The molecule has 0 bridgehead atoms. The molecule has 2 aromatic carbocycles. The van der Waals surface area contributed by atoms with Gasteiger partial charge in [-0.2, -0.15) is 0 Å². The number of ether oxygens (including phenoxy) is 3. The summed E-state index contributed by atoms with van der Waals surface area (Å²) in [5.41, 5.74) is 2.68. The molecule has 0 saturated heterocycles. The van der Waals surface area contributed by atoms with E-state index in [2.05, 4.69) is 13.8 Å². The largest absolute Gasteiger partial charge is 0.504 e. The first-order valence-corrected chi connectivity index (χ1v) is 8.90. The van der Waals surface area contributed by atoms with Crippen LogP contribution in [0, 0.1) is 11.8 Å². The van der Waals surface area contributed by atoms with Crippen molar-refractivity contribution in [1.82, 2.24) is 0 Å². The molecule has 0 radical (unpaired) electrons. The van der Waals surface area contributed by atoms with Gasteiger partial charge in [0.25, 0.3) is 0 Å². The molecule has 6 nitrogen and oxygen atoms in total. The molecular formula is C21H26O6. The van der Waals surface area contributed by atoms with Crippen molar-refractivity contribution in [2.45, 2.75) is 26.2 Å². The molecule has 2 aromatic rings. The van der Waals surface area contributed by atoms with Crippen LogP contribution in [0.15, 0.2) is 18.2 Å². The summed E-state index contributed by atoms with van der Waals surface area (Å²) in [7, 11) is 4.47. The lowest BCUT2D eigenvalue weighted by Gasteiger charge is -2.38. The third-order valence-corrected chi connectivity index (χ3v) is 5.70. The predicted octanol–water partition coefficient (Wildman–Crippen LogP) is 3.79. The van der Waals surface area contributed by atoms with Gasteiger partial charge in [0, 0.05) is 11.5 Å². The van der Waals surface area contributed by atoms with E-state index in [4.69, 9.17) is 14.2 Å². The summed E-state index contributed by atoms with van der Waals surface area (Å²) in [5, 5.41) is 30.8. The highest BCUT2D eigenvalue weighted by atomic mass is 16.5. The summed E-state index contributed by atoms with van der Waals surface area (Å²) in [6, 6.07) is 5.11. The predicted molar refractivity (Wildman–Crippen MR) is 101 cm³/mol. The highest BCUT2D eigenvalue weighted by Gasteiger charge is 2.37. The van der Waals surface area contributed by atoms with E-state index < -0.39 is 0 Å². The third kappa shape index (κ3) is 2.99. The van der Waals surface area contributed by atoms with Crippen molar-refractivity contribution in [3.8, 4) is 34.5 Å². The maximum Gasteiger partial charge on any atom is 0.201 e. The minimum atomic E-state index is -0.289. The molecule has 0 heterocycles. The van der Waals surface area contributed by atoms with Gasteiger partial charge in [-0.05, 0) is 47.6 Å². The average Bonchev–Trinajstić information content (AvgIpc) is 2.65. The highest BCUT2D eigenvalue weighted by Crippen LogP contribution is 2.54. The number of aromatic hydroxyl groups is 3. The first kappa shape index (κ1) is 19.0. The summed E-state index contributed by atoms with van der Waals surface area (Å²) < 4.78 is 16.1. The van der Waals surface area contributed by atoms with Crippen molar-refractivity contribution in [3.63, 3.8) is 0 Å². The van der Waals surface area contributed by atoms with Gasteiger partial charge in [0.2, 0.25) is 11.5 Å². The molecule has 0 amide bonds. The number of phenols is 3. The highest BCUT2D eigenvalue weighted by molar-refractivity contribution is 5.63. The Kier molecular flexibility index (Phi) is 5.00. The molecule has 3 N–H and O–H groups in total. The number of hydrogen-bond acceptors (Lipinski definition) is 6. The Bertz CT molecular complexity index is 860. The molecule has 0 spiro atoms. The molecule has 1 aliphatic carbocycles. The molecule has 0 fully saturated rings. The Morgan fingerprint density at radius 1 is 0.852 bits per heavy atom. The molecule has 0 aromatic heterocycles. The Morgan fingerprint density at radius 2 is 1.48 bits per heavy atom. The van der Waals surface area contributed by atoms with Gasteiger partial charge in [-0.15, -0.1) is 0 Å². The van der Waals surface area contributed by atoms with Crippen LogP contribution in [-0.4, -0.2) is 36.6 Å². The summed E-state index contributed by atoms with van der Waals surface area (Å²) in [6.07, 6.45) is 0.821. The molecule has 0 unspecified atom stereocenters. The van der Waals surface area contributed by atoms with Crippen LogP contribution in [0.25, 0.3) is 0 Å². The van der Waals surface area contributed by atoms with Crippen LogP contribution in [0.5, 0.6) is 34.5 Å². The topological polar surface area (TPSA) is 88.4 Å². The fourth-order valence-electron chi connectivity index (χ4n) is 4.11. The molecule has 6 heteroatoms. The minimum Gasteiger partial charge on any atom is -0.504 e. The van der Waals surface area contributed by atoms with Crippen LogP contribution < -0.4 is 14.2 Å². The van der Waals surface area contributed by atoms with Crippen molar-refractivity contribution in [1.29, 1.82) is 0 Å². The Morgan fingerprint density at radius 3 is 2.07 bits per heavy atom. The lowest BCUT2D eigenvalue weighted by atomic mass is 9.67. The van der Waals surface area contributed by atoms with Crippen molar-refractivity contribution in [3.05, 3.63) is 34.9 Å². The molecule has 0 aliphatic heterocycles. The van der Waals surface area contributed by atoms with Gasteiger partial charge < -0.3 is 29.5 Å². The smallest absolute Gasteiger partial charge is 0.201 e. The molecule has 0 saturated carbocycles. The van der Waals surface area contributed by atoms with Crippen molar-refractivity contribution in [2.75, 3.05) is 21.3 Å². The van der Waals surface area contributed by atoms with Gasteiger partial charge in [0.1, 0.15) is 0 Å². The lowest BCUT2D eigenvalue weighted by molar-refractivity contribution is 0.296. The third-order valence-electron chi connectivity index (χ3n) is 5.70. The van der Waals surface area contributed by atoms with E-state index in [-0.39, 0.29) is 34.8 Å². The zero-order valence-corrected chi connectivity index (χ0v) is 16.2. The van der Waals surface area contributed by atoms with Gasteiger partial charge in [0.05, 0.1) is 21.3 Å². The maximum absolute atomic E-state index is 10.6. The van der Waals surface area contributed by atoms with Gasteiger partial charge in [-0.25, -0.2) is 0 Å². The fourth-order valence-corrected chi connectivity index (χ4v) is 4.11. The van der Waals surface area contributed by atoms with Gasteiger partial charge in [-0.3, -0.25) is 0 Å². The van der Waals surface area contributed by atoms with Crippen molar-refractivity contribution < 1.29 is 29.5 Å². The molecular weight excluding hydrogens is 348 g/mol. The SMILES string of the molecule is COc1cc([C@H]2c3c(cc(OC)c(O)c3OC)C[C@@H](C)[C@@H]2C)cc(O)c1O. The van der Waals surface area contributed by atoms with Gasteiger partial charge >= 0.3 is 0 Å². The number of rotatable bonds is 4. The first-order chi connectivity index (χ1) is 12.8. The summed E-state index contributed by atoms with van der Waals surface area (Å²) in [5.74, 6) is 0.772. The zero-order chi connectivity index (χ0) is 19.9. The quantitative estimate of drug-likeness (QED) is 0.706. The van der Waals surface area contributed by atoms with E-state index in [0.29, 0.717) is 17.4 Å². The summed E-state index contributed by atoms with van der Waals surface area (Å²) >= 11 is 0. The van der Waals surface area contributed by atoms with Crippen LogP contribution in [-0.2, 0) is 6.42 Å². The fraction of sp³-hybridized carbons (Fsp3) is 0.429. The monoisotopic (exact) mass is 374 g/mol. The van der Waals surface area contributed by atoms with Gasteiger partial charge in [0.15, 0.2) is 23.0 Å². The van der Waals surface area contributed by atoms with Crippen molar-refractivity contribution >= 4 is 0 Å². The van der Waals surface area contributed by atoms with E-state index in [9.17, 15) is 15.3 Å². The zero-order valence-electron chi connectivity index (χ0n) is 16.2. The molecule has 27 heavy (non-hydrogen) atoms. The molecule has 1 aliphatic rings. The molecule has 3 rings (SSSR count). The molecule has 3 atom stereocenters. The van der Waals surface area contributed by atoms with E-state index in [1.807, 2.05) is 6.07 Å². The van der Waals surface area contributed by atoms with E-state index >= 15 is 0 Å². The summed E-state index contributed by atoms with van der Waals surface area (Å²) in [4.78, 5) is 0. The Hall–Kier alpha value is -2.76. The van der Waals surface area contributed by atoms with E-state index in [1.165, 1.54) is 21.3 Å². The second-order valence-corrected chi connectivity index (χ2v) is 7.14. The van der Waals surface area contributed by atoms with Crippen molar-refractivity contribution in [2.24, 2.45) is 11.8 Å². The Labute approximate surface area is 158 Å². The van der Waals surface area contributed by atoms with Crippen LogP contribution in [0.2, 0.25) is 0 Å². The van der Waals surface area contributed by atoms with Crippen LogP contribution in [0.3, 0.4) is 0 Å². The van der Waals surface area contributed by atoms with E-state index in [0.717, 1.165) is 23.1 Å². The first-order valence-electron chi connectivity index (χ1n) is 8.90. The second kappa shape index (κ2) is 7.10. The number of benzene rings is 2. The number of hydrogen-bond donors (Lipinski definition) is 3. The maximum atomic E-state index is 10.6. The normalized spacial score (nSPS) is 21.4. The van der Waals surface area contributed by atoms with Gasteiger partial charge in [-0.1, -0.05) is 13.8 Å². The number of fused-ring (bicyclic) bond motifs is 1. The number of phenolic OH excluding ortho intramolecular Hbond substituents is 3. The van der Waals surface area contributed by atoms with Crippen LogP contribution in [0.4, 0.5) is 0 Å². The molecule has 146 valence electrons. The average molecular weight is 374 g/mol. The second-order valence-electron chi connectivity index (χ2n) is 7.14. The Balaban J connectivity index is 2.29.